The minimum atomic E-state index is -0.449. The molecule has 4 rings (SSSR count). The highest BCUT2D eigenvalue weighted by atomic mass is 16.2. The van der Waals surface area contributed by atoms with Gasteiger partial charge in [-0.2, -0.15) is 5.10 Å². The summed E-state index contributed by atoms with van der Waals surface area (Å²) in [7, 11) is 0. The van der Waals surface area contributed by atoms with Crippen LogP contribution in [0.1, 0.15) is 20.7 Å². The molecule has 0 aliphatic carbocycles. The van der Waals surface area contributed by atoms with Gasteiger partial charge in [0.05, 0.1) is 11.3 Å². The molecular weight excluding hydrogens is 364 g/mol. The number of hydrogen-bond acceptors (Lipinski definition) is 3. The van der Waals surface area contributed by atoms with Gasteiger partial charge in [-0.05, 0) is 24.3 Å². The Bertz CT molecular complexity index is 1120. The topological polar surface area (TPSA) is 76.0 Å². The van der Waals surface area contributed by atoms with Crippen molar-refractivity contribution in [1.82, 2.24) is 20.6 Å². The van der Waals surface area contributed by atoms with E-state index in [-0.39, 0.29) is 0 Å². The van der Waals surface area contributed by atoms with Gasteiger partial charge in [-0.25, -0.2) is 4.68 Å². The lowest BCUT2D eigenvalue weighted by molar-refractivity contribution is 0.0847. The van der Waals surface area contributed by atoms with Crippen molar-refractivity contribution in [2.75, 3.05) is 0 Å². The first-order chi connectivity index (χ1) is 14.2. The number of benzene rings is 3. The van der Waals surface area contributed by atoms with E-state index in [0.717, 1.165) is 11.3 Å². The first-order valence-corrected chi connectivity index (χ1v) is 9.08. The molecule has 0 saturated heterocycles. The first kappa shape index (κ1) is 18.2. The Morgan fingerprint density at radius 3 is 1.90 bits per heavy atom. The molecule has 0 saturated carbocycles. The highest BCUT2D eigenvalue weighted by molar-refractivity contribution is 6.02. The fraction of sp³-hybridized carbons (Fsp3) is 0. The Balaban J connectivity index is 1.62. The van der Waals surface area contributed by atoms with Crippen LogP contribution in [0.4, 0.5) is 0 Å². The molecule has 0 bridgehead atoms. The van der Waals surface area contributed by atoms with Gasteiger partial charge < -0.3 is 0 Å². The van der Waals surface area contributed by atoms with Gasteiger partial charge in [-0.15, -0.1) is 0 Å². The lowest BCUT2D eigenvalue weighted by atomic mass is 10.1. The number of hydrogen-bond donors (Lipinski definition) is 2. The van der Waals surface area contributed by atoms with Crippen molar-refractivity contribution in [1.29, 1.82) is 0 Å². The van der Waals surface area contributed by atoms with E-state index in [1.807, 2.05) is 66.7 Å². The van der Waals surface area contributed by atoms with Gasteiger partial charge in [0, 0.05) is 17.3 Å². The molecule has 6 heteroatoms. The zero-order valence-corrected chi connectivity index (χ0v) is 15.4. The molecule has 2 amide bonds. The van der Waals surface area contributed by atoms with Gasteiger partial charge in [0.2, 0.25) is 0 Å². The average Bonchev–Trinajstić information content (AvgIpc) is 3.25. The summed E-state index contributed by atoms with van der Waals surface area (Å²) in [5.74, 6) is -0.842. The van der Waals surface area contributed by atoms with Gasteiger partial charge in [0.15, 0.2) is 0 Å². The van der Waals surface area contributed by atoms with Gasteiger partial charge in [0.25, 0.3) is 11.8 Å². The third-order valence-electron chi connectivity index (χ3n) is 4.35. The first-order valence-electron chi connectivity index (χ1n) is 9.08. The zero-order chi connectivity index (χ0) is 20.1. The molecule has 1 heterocycles. The number of aromatic nitrogens is 2. The number of carbonyl (C=O) groups is 2. The van der Waals surface area contributed by atoms with E-state index in [9.17, 15) is 9.59 Å². The number of para-hydroxylation sites is 1. The van der Waals surface area contributed by atoms with Crippen LogP contribution in [-0.4, -0.2) is 21.6 Å². The molecular formula is C23H18N4O2. The van der Waals surface area contributed by atoms with Crippen LogP contribution in [-0.2, 0) is 0 Å². The van der Waals surface area contributed by atoms with Crippen molar-refractivity contribution in [2.45, 2.75) is 0 Å². The summed E-state index contributed by atoms with van der Waals surface area (Å²) in [5, 5.41) is 4.60. The molecule has 0 aliphatic rings. The van der Waals surface area contributed by atoms with Crippen molar-refractivity contribution in [2.24, 2.45) is 0 Å². The SMILES string of the molecule is O=C(NNC(=O)c1cn(-c2ccccc2)nc1-c1ccccc1)c1ccccc1. The lowest BCUT2D eigenvalue weighted by Gasteiger charge is -2.07. The maximum absolute atomic E-state index is 12.8. The molecule has 0 fully saturated rings. The zero-order valence-electron chi connectivity index (χ0n) is 15.4. The Hall–Kier alpha value is -4.19. The fourth-order valence-corrected chi connectivity index (χ4v) is 2.90. The molecule has 4 aromatic rings. The van der Waals surface area contributed by atoms with Crippen molar-refractivity contribution in [3.8, 4) is 16.9 Å². The minimum Gasteiger partial charge on any atom is -0.267 e. The second kappa shape index (κ2) is 8.22. The van der Waals surface area contributed by atoms with Gasteiger partial charge in [0.1, 0.15) is 5.69 Å². The van der Waals surface area contributed by atoms with Crippen LogP contribution < -0.4 is 10.9 Å². The Morgan fingerprint density at radius 2 is 1.24 bits per heavy atom. The molecule has 29 heavy (non-hydrogen) atoms. The van der Waals surface area contributed by atoms with Crippen molar-refractivity contribution >= 4 is 11.8 Å². The molecule has 0 radical (unpaired) electrons. The second-order valence-corrected chi connectivity index (χ2v) is 6.31. The molecule has 3 aromatic carbocycles. The molecule has 142 valence electrons. The Labute approximate surface area is 167 Å². The molecule has 0 atom stereocenters. The molecule has 0 spiro atoms. The van der Waals surface area contributed by atoms with Crippen molar-refractivity contribution < 1.29 is 9.59 Å². The number of amides is 2. The van der Waals surface area contributed by atoms with Crippen LogP contribution >= 0.6 is 0 Å². The maximum Gasteiger partial charge on any atom is 0.273 e. The number of rotatable bonds is 4. The number of nitrogens with one attached hydrogen (secondary N) is 2. The average molecular weight is 382 g/mol. The van der Waals surface area contributed by atoms with Crippen LogP contribution in [0, 0.1) is 0 Å². The number of nitrogens with zero attached hydrogens (tertiary/aromatic N) is 2. The summed E-state index contributed by atoms with van der Waals surface area (Å²) in [6.45, 7) is 0. The molecule has 0 unspecified atom stereocenters. The molecule has 1 aromatic heterocycles. The van der Waals surface area contributed by atoms with E-state index < -0.39 is 11.8 Å². The molecule has 6 nitrogen and oxygen atoms in total. The van der Waals surface area contributed by atoms with E-state index in [2.05, 4.69) is 16.0 Å². The minimum absolute atomic E-state index is 0.355. The third-order valence-corrected chi connectivity index (χ3v) is 4.35. The highest BCUT2D eigenvalue weighted by Gasteiger charge is 2.19. The fourth-order valence-electron chi connectivity index (χ4n) is 2.90. The summed E-state index contributed by atoms with van der Waals surface area (Å²) < 4.78 is 1.65. The summed E-state index contributed by atoms with van der Waals surface area (Å²) in [4.78, 5) is 25.1. The van der Waals surface area contributed by atoms with E-state index in [1.165, 1.54) is 0 Å². The summed E-state index contributed by atoms with van der Waals surface area (Å²) in [5.41, 5.74) is 7.91. The third kappa shape index (κ3) is 4.06. The second-order valence-electron chi connectivity index (χ2n) is 6.31. The highest BCUT2D eigenvalue weighted by Crippen LogP contribution is 2.23. The normalized spacial score (nSPS) is 10.3. The van der Waals surface area contributed by atoms with Crippen LogP contribution in [0.15, 0.2) is 97.2 Å². The number of hydrazine groups is 1. The maximum atomic E-state index is 12.8. The predicted molar refractivity (Wildman–Crippen MR) is 110 cm³/mol. The standard InChI is InChI=1S/C23H18N4O2/c28-22(18-12-6-2-7-13-18)24-25-23(29)20-16-27(19-14-8-3-9-15-19)26-21(20)17-10-4-1-5-11-17/h1-16H,(H,24,28)(H,25,29). The van der Waals surface area contributed by atoms with Crippen molar-refractivity contribution in [3.63, 3.8) is 0 Å². The summed E-state index contributed by atoms with van der Waals surface area (Å²) in [6.07, 6.45) is 1.65. The van der Waals surface area contributed by atoms with Crippen molar-refractivity contribution in [3.05, 3.63) is 108 Å². The monoisotopic (exact) mass is 382 g/mol. The van der Waals surface area contributed by atoms with Gasteiger partial charge >= 0.3 is 0 Å². The van der Waals surface area contributed by atoms with Crippen LogP contribution in [0.25, 0.3) is 16.9 Å². The van der Waals surface area contributed by atoms with E-state index >= 15 is 0 Å². The summed E-state index contributed by atoms with van der Waals surface area (Å²) >= 11 is 0. The molecule has 0 aliphatic heterocycles. The Kier molecular flexibility index (Phi) is 5.16. The van der Waals surface area contributed by atoms with E-state index in [0.29, 0.717) is 16.8 Å². The van der Waals surface area contributed by atoms with Crippen LogP contribution in [0.2, 0.25) is 0 Å². The van der Waals surface area contributed by atoms with Crippen LogP contribution in [0.3, 0.4) is 0 Å². The quantitative estimate of drug-likeness (QED) is 0.530. The lowest BCUT2D eigenvalue weighted by Crippen LogP contribution is -2.41. The number of carbonyl (C=O) groups excluding carboxylic acids is 2. The van der Waals surface area contributed by atoms with E-state index in [4.69, 9.17) is 0 Å². The van der Waals surface area contributed by atoms with Gasteiger partial charge in [-0.3, -0.25) is 20.4 Å². The largest absolute Gasteiger partial charge is 0.273 e. The smallest absolute Gasteiger partial charge is 0.267 e. The molecule has 2 N–H and O–H groups in total. The predicted octanol–water partition coefficient (Wildman–Crippen LogP) is 3.61. The van der Waals surface area contributed by atoms with Crippen LogP contribution in [0.5, 0.6) is 0 Å². The summed E-state index contributed by atoms with van der Waals surface area (Å²) in [6, 6.07) is 27.6. The Morgan fingerprint density at radius 1 is 0.690 bits per heavy atom. The van der Waals surface area contributed by atoms with E-state index in [1.54, 1.807) is 35.1 Å². The van der Waals surface area contributed by atoms with Gasteiger partial charge in [-0.1, -0.05) is 66.7 Å².